The van der Waals surface area contributed by atoms with Crippen LogP contribution in [0.3, 0.4) is 0 Å². The maximum absolute atomic E-state index is 13.4. The van der Waals surface area contributed by atoms with Gasteiger partial charge in [0.25, 0.3) is 10.0 Å². The van der Waals surface area contributed by atoms with Gasteiger partial charge < -0.3 is 0 Å². The molecule has 7 heteroatoms. The SMILES string of the molecule is Cc1ccc(C#Cc2nccc(-c3cn(S(=O)(=O)c4ccc(C)cc4)c4ncccc34)n2)cc1. The molecule has 0 saturated heterocycles. The summed E-state index contributed by atoms with van der Waals surface area (Å²) in [5.74, 6) is 6.42. The molecule has 0 aliphatic carbocycles. The lowest BCUT2D eigenvalue weighted by atomic mass is 10.1. The fourth-order valence-electron chi connectivity index (χ4n) is 3.58. The number of hydrogen-bond donors (Lipinski definition) is 0. The molecule has 0 radical (unpaired) electrons. The molecule has 0 atom stereocenters. The van der Waals surface area contributed by atoms with E-state index < -0.39 is 10.0 Å². The van der Waals surface area contributed by atoms with E-state index in [1.165, 1.54) is 3.97 Å². The lowest BCUT2D eigenvalue weighted by Crippen LogP contribution is -2.12. The monoisotopic (exact) mass is 464 g/mol. The molecule has 0 unspecified atom stereocenters. The van der Waals surface area contributed by atoms with Crippen LogP contribution in [0.1, 0.15) is 22.5 Å². The Labute approximate surface area is 198 Å². The minimum Gasteiger partial charge on any atom is -0.237 e. The van der Waals surface area contributed by atoms with E-state index in [1.807, 2.05) is 44.2 Å². The van der Waals surface area contributed by atoms with Crippen LogP contribution in [0.2, 0.25) is 0 Å². The van der Waals surface area contributed by atoms with E-state index in [9.17, 15) is 8.42 Å². The lowest BCUT2D eigenvalue weighted by Gasteiger charge is -2.07. The van der Waals surface area contributed by atoms with Crippen LogP contribution in [-0.4, -0.2) is 27.3 Å². The van der Waals surface area contributed by atoms with Gasteiger partial charge in [0.1, 0.15) is 0 Å². The summed E-state index contributed by atoms with van der Waals surface area (Å²) in [7, 11) is -3.85. The maximum Gasteiger partial charge on any atom is 0.269 e. The Morgan fingerprint density at radius 1 is 0.794 bits per heavy atom. The summed E-state index contributed by atoms with van der Waals surface area (Å²) in [6.45, 7) is 3.93. The Hall–Kier alpha value is -4.28. The second kappa shape index (κ2) is 8.58. The van der Waals surface area contributed by atoms with Crippen LogP contribution in [0.5, 0.6) is 0 Å². The first-order chi connectivity index (χ1) is 16.4. The van der Waals surface area contributed by atoms with Gasteiger partial charge in [-0.1, -0.05) is 41.3 Å². The van der Waals surface area contributed by atoms with Gasteiger partial charge in [-0.3, -0.25) is 0 Å². The van der Waals surface area contributed by atoms with Gasteiger partial charge in [0, 0.05) is 35.1 Å². The molecule has 0 aliphatic rings. The minimum atomic E-state index is -3.85. The Morgan fingerprint density at radius 2 is 1.50 bits per heavy atom. The number of nitrogens with zero attached hydrogens (tertiary/aromatic N) is 4. The largest absolute Gasteiger partial charge is 0.269 e. The zero-order valence-corrected chi connectivity index (χ0v) is 19.4. The summed E-state index contributed by atoms with van der Waals surface area (Å²) < 4.78 is 28.1. The first-order valence-corrected chi connectivity index (χ1v) is 12.1. The van der Waals surface area contributed by atoms with Crippen LogP contribution in [0.15, 0.2) is 90.2 Å². The molecule has 0 fully saturated rings. The van der Waals surface area contributed by atoms with Crippen LogP contribution < -0.4 is 0 Å². The van der Waals surface area contributed by atoms with E-state index in [0.29, 0.717) is 28.1 Å². The normalized spacial score (nSPS) is 11.2. The van der Waals surface area contributed by atoms with E-state index in [1.54, 1.807) is 55.0 Å². The summed E-state index contributed by atoms with van der Waals surface area (Å²) in [5, 5.41) is 0.675. The van der Waals surface area contributed by atoms with Crippen LogP contribution in [0.25, 0.3) is 22.3 Å². The average molecular weight is 465 g/mol. The molecule has 5 rings (SSSR count). The molecule has 0 N–H and O–H groups in total. The molecular formula is C27H20N4O2S. The molecule has 3 aromatic heterocycles. The van der Waals surface area contributed by atoms with Crippen molar-refractivity contribution in [1.82, 2.24) is 18.9 Å². The van der Waals surface area contributed by atoms with E-state index >= 15 is 0 Å². The van der Waals surface area contributed by atoms with Crippen molar-refractivity contribution in [2.75, 3.05) is 0 Å². The molecule has 0 amide bonds. The highest BCUT2D eigenvalue weighted by Gasteiger charge is 2.23. The third kappa shape index (κ3) is 4.07. The highest BCUT2D eigenvalue weighted by atomic mass is 32.2. The van der Waals surface area contributed by atoms with Crippen LogP contribution >= 0.6 is 0 Å². The minimum absolute atomic E-state index is 0.194. The van der Waals surface area contributed by atoms with Crippen LogP contribution in [0, 0.1) is 25.7 Å². The van der Waals surface area contributed by atoms with Crippen molar-refractivity contribution in [2.24, 2.45) is 0 Å². The highest BCUT2D eigenvalue weighted by molar-refractivity contribution is 7.90. The van der Waals surface area contributed by atoms with E-state index in [0.717, 1.165) is 16.7 Å². The maximum atomic E-state index is 13.4. The summed E-state index contributed by atoms with van der Waals surface area (Å²) in [6.07, 6.45) is 4.76. The van der Waals surface area contributed by atoms with Gasteiger partial charge in [0.15, 0.2) is 5.65 Å². The molecular weight excluding hydrogens is 444 g/mol. The number of hydrogen-bond acceptors (Lipinski definition) is 5. The third-order valence-electron chi connectivity index (χ3n) is 5.41. The summed E-state index contributed by atoms with van der Waals surface area (Å²) >= 11 is 0. The predicted molar refractivity (Wildman–Crippen MR) is 132 cm³/mol. The van der Waals surface area contributed by atoms with Gasteiger partial charge in [-0.25, -0.2) is 27.3 Å². The van der Waals surface area contributed by atoms with Crippen molar-refractivity contribution in [3.63, 3.8) is 0 Å². The zero-order chi connectivity index (χ0) is 23.7. The van der Waals surface area contributed by atoms with Crippen molar-refractivity contribution in [2.45, 2.75) is 18.7 Å². The predicted octanol–water partition coefficient (Wildman–Crippen LogP) is 4.75. The molecule has 0 saturated carbocycles. The smallest absolute Gasteiger partial charge is 0.237 e. The van der Waals surface area contributed by atoms with Crippen LogP contribution in [-0.2, 0) is 10.0 Å². The van der Waals surface area contributed by atoms with Gasteiger partial charge in [0.05, 0.1) is 10.6 Å². The second-order valence-electron chi connectivity index (χ2n) is 7.91. The zero-order valence-electron chi connectivity index (χ0n) is 18.6. The number of pyridine rings is 1. The van der Waals surface area contributed by atoms with Crippen LogP contribution in [0.4, 0.5) is 0 Å². The van der Waals surface area contributed by atoms with Gasteiger partial charge >= 0.3 is 0 Å². The fraction of sp³-hybridized carbons (Fsp3) is 0.0741. The van der Waals surface area contributed by atoms with Crippen molar-refractivity contribution < 1.29 is 8.42 Å². The molecule has 166 valence electrons. The van der Waals surface area contributed by atoms with Crippen molar-refractivity contribution in [3.05, 3.63) is 108 Å². The standard InChI is InChI=1S/C27H20N4O2S/c1-19-5-9-21(10-6-19)11-14-26-28-17-15-25(30-26)24-18-31(27-23(24)4-3-16-29-27)34(32,33)22-12-7-20(2)8-13-22/h3-10,12-13,15-18H,1-2H3. The Kier molecular flexibility index (Phi) is 5.44. The molecule has 6 nitrogen and oxygen atoms in total. The van der Waals surface area contributed by atoms with Gasteiger partial charge in [-0.2, -0.15) is 0 Å². The second-order valence-corrected chi connectivity index (χ2v) is 9.73. The quantitative estimate of drug-likeness (QED) is 0.360. The molecule has 34 heavy (non-hydrogen) atoms. The molecule has 5 aromatic rings. The first kappa shape index (κ1) is 21.6. The van der Waals surface area contributed by atoms with Gasteiger partial charge in [0.2, 0.25) is 5.82 Å². The van der Waals surface area contributed by atoms with E-state index in [4.69, 9.17) is 0 Å². The third-order valence-corrected chi connectivity index (χ3v) is 7.08. The molecule has 0 aliphatic heterocycles. The van der Waals surface area contributed by atoms with Gasteiger partial charge in [-0.15, -0.1) is 0 Å². The van der Waals surface area contributed by atoms with Crippen molar-refractivity contribution in [3.8, 4) is 23.1 Å². The number of aryl methyl sites for hydroxylation is 2. The Morgan fingerprint density at radius 3 is 2.24 bits per heavy atom. The number of aromatic nitrogens is 4. The van der Waals surface area contributed by atoms with E-state index in [-0.39, 0.29) is 4.90 Å². The number of benzene rings is 2. The average Bonchev–Trinajstić information content (AvgIpc) is 3.25. The van der Waals surface area contributed by atoms with Crippen molar-refractivity contribution >= 4 is 21.1 Å². The first-order valence-electron chi connectivity index (χ1n) is 10.6. The fourth-order valence-corrected chi connectivity index (χ4v) is 4.90. The topological polar surface area (TPSA) is 77.7 Å². The molecule has 0 bridgehead atoms. The van der Waals surface area contributed by atoms with E-state index in [2.05, 4.69) is 26.8 Å². The summed E-state index contributed by atoms with van der Waals surface area (Å²) in [5.41, 5.74) is 4.55. The highest BCUT2D eigenvalue weighted by Crippen LogP contribution is 2.31. The molecule has 3 heterocycles. The molecule has 2 aromatic carbocycles. The lowest BCUT2D eigenvalue weighted by molar-refractivity contribution is 0.589. The summed E-state index contributed by atoms with van der Waals surface area (Å²) in [6, 6.07) is 20.0. The molecule has 0 spiro atoms. The number of fused-ring (bicyclic) bond motifs is 1. The summed E-state index contributed by atoms with van der Waals surface area (Å²) in [4.78, 5) is 13.4. The number of rotatable bonds is 3. The van der Waals surface area contributed by atoms with Gasteiger partial charge in [-0.05, 0) is 62.2 Å². The Balaban J connectivity index is 1.60. The van der Waals surface area contributed by atoms with Crippen molar-refractivity contribution in [1.29, 1.82) is 0 Å². The Bertz CT molecular complexity index is 1680.